The Hall–Kier alpha value is -1.59. The van der Waals surface area contributed by atoms with Crippen LogP contribution in [0.15, 0.2) is 39.6 Å². The molecule has 1 saturated heterocycles. The first-order valence-electron chi connectivity index (χ1n) is 7.25. The van der Waals surface area contributed by atoms with E-state index in [0.29, 0.717) is 19.8 Å². The van der Waals surface area contributed by atoms with Crippen molar-refractivity contribution in [1.82, 2.24) is 5.32 Å². The van der Waals surface area contributed by atoms with E-state index in [4.69, 9.17) is 9.15 Å². The third-order valence-electron chi connectivity index (χ3n) is 3.90. The van der Waals surface area contributed by atoms with E-state index in [1.54, 1.807) is 17.6 Å². The second-order valence-corrected chi connectivity index (χ2v) is 6.04. The molecule has 1 aliphatic heterocycles. The van der Waals surface area contributed by atoms with Gasteiger partial charge in [-0.1, -0.05) is 0 Å². The molecular weight excluding hydrogens is 286 g/mol. The highest BCUT2D eigenvalue weighted by Gasteiger charge is 2.24. The van der Waals surface area contributed by atoms with Crippen molar-refractivity contribution in [1.29, 1.82) is 0 Å². The van der Waals surface area contributed by atoms with Crippen molar-refractivity contribution in [2.45, 2.75) is 18.8 Å². The molecule has 0 radical (unpaired) electrons. The minimum atomic E-state index is 0.0787. The Morgan fingerprint density at radius 3 is 2.90 bits per heavy atom. The molecule has 1 N–H and O–H groups in total. The summed E-state index contributed by atoms with van der Waals surface area (Å²) in [6.07, 6.45) is 3.31. The molecule has 1 fully saturated rings. The summed E-state index contributed by atoms with van der Waals surface area (Å²) in [5.74, 6) is 1.18. The van der Waals surface area contributed by atoms with Crippen LogP contribution in [0, 0.1) is 5.92 Å². The zero-order valence-electron chi connectivity index (χ0n) is 11.8. The largest absolute Gasteiger partial charge is 0.469 e. The summed E-state index contributed by atoms with van der Waals surface area (Å²) in [7, 11) is 0. The summed E-state index contributed by atoms with van der Waals surface area (Å²) in [5, 5.41) is 7.23. The van der Waals surface area contributed by atoms with Gasteiger partial charge in [0.25, 0.3) is 0 Å². The van der Waals surface area contributed by atoms with E-state index >= 15 is 0 Å². The standard InChI is InChI=1S/C16H19NO3S/c18-16(12-3-7-19-8-4-12)17-10-14(13-5-9-21-11-13)15-2-1-6-20-15/h1-2,5-6,9,11-12,14H,3-4,7-8,10H2,(H,17,18). The van der Waals surface area contributed by atoms with E-state index in [1.807, 2.05) is 17.5 Å². The maximum atomic E-state index is 12.2. The Labute approximate surface area is 128 Å². The molecule has 1 unspecified atom stereocenters. The maximum absolute atomic E-state index is 12.2. The zero-order chi connectivity index (χ0) is 14.5. The lowest BCUT2D eigenvalue weighted by Gasteiger charge is -2.22. The zero-order valence-corrected chi connectivity index (χ0v) is 12.6. The van der Waals surface area contributed by atoms with Crippen LogP contribution in [0.4, 0.5) is 0 Å². The van der Waals surface area contributed by atoms with Crippen molar-refractivity contribution in [3.05, 3.63) is 46.5 Å². The second kappa shape index (κ2) is 6.91. The average molecular weight is 305 g/mol. The summed E-state index contributed by atoms with van der Waals surface area (Å²) in [4.78, 5) is 12.2. The third-order valence-corrected chi connectivity index (χ3v) is 4.61. The van der Waals surface area contributed by atoms with Crippen LogP contribution in [0.2, 0.25) is 0 Å². The first-order valence-corrected chi connectivity index (χ1v) is 8.20. The number of hydrogen-bond acceptors (Lipinski definition) is 4. The number of amides is 1. The van der Waals surface area contributed by atoms with E-state index in [2.05, 4.69) is 16.8 Å². The number of hydrogen-bond donors (Lipinski definition) is 1. The van der Waals surface area contributed by atoms with Crippen molar-refractivity contribution in [3.8, 4) is 0 Å². The fourth-order valence-electron chi connectivity index (χ4n) is 2.65. The van der Waals surface area contributed by atoms with Crippen molar-refractivity contribution in [2.75, 3.05) is 19.8 Å². The van der Waals surface area contributed by atoms with Crippen LogP contribution in [0.3, 0.4) is 0 Å². The molecular formula is C16H19NO3S. The van der Waals surface area contributed by atoms with Gasteiger partial charge in [-0.3, -0.25) is 4.79 Å². The number of carbonyl (C=O) groups excluding carboxylic acids is 1. The molecule has 5 heteroatoms. The normalized spacial score (nSPS) is 17.5. The van der Waals surface area contributed by atoms with Gasteiger partial charge in [-0.05, 0) is 47.4 Å². The number of rotatable bonds is 5. The van der Waals surface area contributed by atoms with Crippen LogP contribution in [-0.4, -0.2) is 25.7 Å². The molecule has 0 spiro atoms. The molecule has 3 rings (SSSR count). The number of carbonyl (C=O) groups is 1. The molecule has 0 bridgehead atoms. The molecule has 1 atom stereocenters. The Bertz CT molecular complexity index is 510. The molecule has 112 valence electrons. The van der Waals surface area contributed by atoms with E-state index in [9.17, 15) is 4.79 Å². The summed E-state index contributed by atoms with van der Waals surface area (Å²) in [6.45, 7) is 1.94. The summed E-state index contributed by atoms with van der Waals surface area (Å²) in [6, 6.07) is 5.93. The first-order chi connectivity index (χ1) is 10.3. The van der Waals surface area contributed by atoms with Crippen molar-refractivity contribution < 1.29 is 13.9 Å². The second-order valence-electron chi connectivity index (χ2n) is 5.26. The van der Waals surface area contributed by atoms with E-state index in [1.165, 1.54) is 5.56 Å². The highest BCUT2D eigenvalue weighted by Crippen LogP contribution is 2.26. The fraction of sp³-hybridized carbons (Fsp3) is 0.438. The Balaban J connectivity index is 1.64. The van der Waals surface area contributed by atoms with Crippen molar-refractivity contribution in [3.63, 3.8) is 0 Å². The summed E-state index contributed by atoms with van der Waals surface area (Å²) < 4.78 is 10.8. The molecule has 0 saturated carbocycles. The van der Waals surface area contributed by atoms with Gasteiger partial charge >= 0.3 is 0 Å². The van der Waals surface area contributed by atoms with Gasteiger partial charge in [0.15, 0.2) is 0 Å². The Morgan fingerprint density at radius 2 is 2.24 bits per heavy atom. The number of thiophene rings is 1. The number of nitrogens with one attached hydrogen (secondary N) is 1. The molecule has 0 aliphatic carbocycles. The highest BCUT2D eigenvalue weighted by molar-refractivity contribution is 7.08. The predicted octanol–water partition coefficient (Wildman–Crippen LogP) is 3.02. The molecule has 21 heavy (non-hydrogen) atoms. The van der Waals surface area contributed by atoms with Gasteiger partial charge in [0.2, 0.25) is 5.91 Å². The van der Waals surface area contributed by atoms with E-state index < -0.39 is 0 Å². The lowest BCUT2D eigenvalue weighted by atomic mass is 9.97. The van der Waals surface area contributed by atoms with Gasteiger partial charge in [-0.2, -0.15) is 11.3 Å². The minimum absolute atomic E-state index is 0.0787. The summed E-state index contributed by atoms with van der Waals surface area (Å²) >= 11 is 1.66. The van der Waals surface area contributed by atoms with Gasteiger partial charge in [-0.25, -0.2) is 0 Å². The fourth-order valence-corrected chi connectivity index (χ4v) is 3.37. The number of ether oxygens (including phenoxy) is 1. The lowest BCUT2D eigenvalue weighted by Crippen LogP contribution is -2.36. The Kier molecular flexibility index (Phi) is 4.72. The smallest absolute Gasteiger partial charge is 0.223 e. The van der Waals surface area contributed by atoms with Crippen LogP contribution in [0.1, 0.15) is 30.1 Å². The van der Waals surface area contributed by atoms with Crippen molar-refractivity contribution >= 4 is 17.2 Å². The average Bonchev–Trinajstić information content (AvgIpc) is 3.22. The predicted molar refractivity (Wildman–Crippen MR) is 81.4 cm³/mol. The van der Waals surface area contributed by atoms with Gasteiger partial charge in [0, 0.05) is 25.7 Å². The summed E-state index contributed by atoms with van der Waals surface area (Å²) in [5.41, 5.74) is 1.18. The molecule has 4 nitrogen and oxygen atoms in total. The molecule has 3 heterocycles. The van der Waals surface area contributed by atoms with Crippen LogP contribution in [0.5, 0.6) is 0 Å². The molecule has 1 aliphatic rings. The number of furan rings is 1. The quantitative estimate of drug-likeness (QED) is 0.924. The van der Waals surface area contributed by atoms with Crippen LogP contribution < -0.4 is 5.32 Å². The molecule has 1 amide bonds. The molecule has 2 aromatic rings. The monoisotopic (exact) mass is 305 g/mol. The van der Waals surface area contributed by atoms with E-state index in [-0.39, 0.29) is 17.7 Å². The lowest BCUT2D eigenvalue weighted by molar-refractivity contribution is -0.127. The molecule has 2 aromatic heterocycles. The van der Waals surface area contributed by atoms with Gasteiger partial charge in [-0.15, -0.1) is 0 Å². The van der Waals surface area contributed by atoms with Gasteiger partial charge in [0.1, 0.15) is 5.76 Å². The first kappa shape index (κ1) is 14.4. The van der Waals surface area contributed by atoms with Gasteiger partial charge in [0.05, 0.1) is 12.2 Å². The SMILES string of the molecule is O=C(NCC(c1ccsc1)c1ccco1)C1CCOCC1. The van der Waals surface area contributed by atoms with E-state index in [0.717, 1.165) is 18.6 Å². The van der Waals surface area contributed by atoms with Crippen LogP contribution in [0.25, 0.3) is 0 Å². The maximum Gasteiger partial charge on any atom is 0.223 e. The Morgan fingerprint density at radius 1 is 1.38 bits per heavy atom. The molecule has 0 aromatic carbocycles. The highest BCUT2D eigenvalue weighted by atomic mass is 32.1. The van der Waals surface area contributed by atoms with Crippen molar-refractivity contribution in [2.24, 2.45) is 5.92 Å². The van der Waals surface area contributed by atoms with Gasteiger partial charge < -0.3 is 14.5 Å². The topological polar surface area (TPSA) is 51.5 Å². The minimum Gasteiger partial charge on any atom is -0.469 e. The third kappa shape index (κ3) is 3.54. The van der Waals surface area contributed by atoms with Crippen LogP contribution in [-0.2, 0) is 9.53 Å². The van der Waals surface area contributed by atoms with Crippen LogP contribution >= 0.6 is 11.3 Å².